The van der Waals surface area contributed by atoms with E-state index in [0.717, 1.165) is 6.39 Å². The molecule has 0 saturated carbocycles. The second-order valence-electron chi connectivity index (χ2n) is 8.13. The predicted molar refractivity (Wildman–Crippen MR) is 131 cm³/mol. The molecule has 0 bridgehead atoms. The summed E-state index contributed by atoms with van der Waals surface area (Å²) in [5.41, 5.74) is 0.466. The summed E-state index contributed by atoms with van der Waals surface area (Å²) in [7, 11) is 0. The van der Waals surface area contributed by atoms with Crippen LogP contribution in [0, 0.1) is 5.82 Å². The molecule has 0 radical (unpaired) electrons. The number of nitrogens with one attached hydrogen (secondary N) is 2. The lowest BCUT2D eigenvalue weighted by molar-refractivity contribution is 0.0154. The minimum Gasteiger partial charge on any atom is -0.423 e. The van der Waals surface area contributed by atoms with Crippen molar-refractivity contribution in [3.05, 3.63) is 76.8 Å². The highest BCUT2D eigenvalue weighted by Crippen LogP contribution is 2.31. The number of aromatic nitrogens is 6. The topological polar surface area (TPSA) is 145 Å². The molecule has 4 heterocycles. The lowest BCUT2D eigenvalue weighted by Crippen LogP contribution is -2.30. The summed E-state index contributed by atoms with van der Waals surface area (Å²) >= 11 is 0. The van der Waals surface area contributed by atoms with Crippen molar-refractivity contribution in [1.82, 2.24) is 29.5 Å². The standard InChI is InChI=1S/C24H21FN8O4/c25-19-17(7-6-15-20(19)32-8-9-36-13-33(32)23(15)35)29-24-26-10-16(22-31-27-12-37-22)21(30-24)28-18(11-34)14-4-2-1-3-5-14/h1-7,10,12,18,34H,8-9,11,13H2,(H2,26,28,29,30)/t18-/m1/s1/i11D2. The molecule has 0 fully saturated rings. The number of ether oxygens (including phenoxy) is 1. The van der Waals surface area contributed by atoms with Crippen LogP contribution in [0.1, 0.15) is 14.3 Å². The van der Waals surface area contributed by atoms with Gasteiger partial charge in [-0.15, -0.1) is 10.2 Å². The van der Waals surface area contributed by atoms with Crippen LogP contribution < -0.4 is 16.2 Å². The van der Waals surface area contributed by atoms with Crippen molar-refractivity contribution in [2.24, 2.45) is 0 Å². The maximum Gasteiger partial charge on any atom is 0.276 e. The zero-order chi connectivity index (χ0) is 27.1. The fraction of sp³-hybridized carbons (Fsp3) is 0.208. The summed E-state index contributed by atoms with van der Waals surface area (Å²) in [5, 5.41) is 23.8. The Hall–Kier alpha value is -4.62. The third-order valence-electron chi connectivity index (χ3n) is 5.96. The first-order valence-electron chi connectivity index (χ1n) is 12.3. The molecule has 0 spiro atoms. The molecule has 1 aliphatic heterocycles. The molecule has 37 heavy (non-hydrogen) atoms. The van der Waals surface area contributed by atoms with Gasteiger partial charge in [0.15, 0.2) is 5.82 Å². The van der Waals surface area contributed by atoms with Crippen molar-refractivity contribution in [2.75, 3.05) is 23.8 Å². The van der Waals surface area contributed by atoms with E-state index in [4.69, 9.17) is 11.9 Å². The van der Waals surface area contributed by atoms with Crippen molar-refractivity contribution >= 4 is 28.4 Å². The lowest BCUT2D eigenvalue weighted by Gasteiger charge is -2.19. The number of fused-ring (bicyclic) bond motifs is 3. The van der Waals surface area contributed by atoms with Crippen LogP contribution in [0.25, 0.3) is 22.4 Å². The van der Waals surface area contributed by atoms with Crippen LogP contribution in [0.4, 0.5) is 21.8 Å². The molecule has 0 aliphatic carbocycles. The molecule has 1 atom stereocenters. The highest BCUT2D eigenvalue weighted by Gasteiger charge is 2.23. The third-order valence-corrected chi connectivity index (χ3v) is 5.96. The summed E-state index contributed by atoms with van der Waals surface area (Å²) < 4.78 is 45.2. The Bertz CT molecular complexity index is 1700. The molecule has 5 aromatic rings. The first kappa shape index (κ1) is 20.6. The largest absolute Gasteiger partial charge is 0.423 e. The average molecular weight is 506 g/mol. The quantitative estimate of drug-likeness (QED) is 0.301. The monoisotopic (exact) mass is 506 g/mol. The highest BCUT2D eigenvalue weighted by atomic mass is 19.1. The van der Waals surface area contributed by atoms with Crippen LogP contribution in [0.2, 0.25) is 0 Å². The van der Waals surface area contributed by atoms with Gasteiger partial charge >= 0.3 is 0 Å². The van der Waals surface area contributed by atoms with E-state index in [1.165, 1.54) is 23.0 Å². The number of halogens is 1. The van der Waals surface area contributed by atoms with Crippen LogP contribution in [0.3, 0.4) is 0 Å². The van der Waals surface area contributed by atoms with Crippen LogP contribution in [-0.4, -0.2) is 47.8 Å². The SMILES string of the molecule is [2H]C([2H])(O)[C@@H](Nc1nc(Nc2ccc3c(=O)n4n(c3c2F)CCOC4)ncc1-c1nnco1)c1ccccc1. The Morgan fingerprint density at radius 1 is 1.22 bits per heavy atom. The maximum absolute atomic E-state index is 15.7. The van der Waals surface area contributed by atoms with Gasteiger partial charge in [-0.1, -0.05) is 30.3 Å². The van der Waals surface area contributed by atoms with Gasteiger partial charge < -0.3 is 24.9 Å². The molecule has 2 aromatic carbocycles. The van der Waals surface area contributed by atoms with Gasteiger partial charge in [-0.25, -0.2) is 14.1 Å². The first-order valence-corrected chi connectivity index (χ1v) is 11.3. The van der Waals surface area contributed by atoms with Gasteiger partial charge in [0, 0.05) is 6.20 Å². The highest BCUT2D eigenvalue weighted by molar-refractivity contribution is 5.84. The Morgan fingerprint density at radius 2 is 2.08 bits per heavy atom. The van der Waals surface area contributed by atoms with Gasteiger partial charge in [-0.2, -0.15) is 4.98 Å². The molecule has 0 saturated heterocycles. The molecule has 1 aliphatic rings. The lowest BCUT2D eigenvalue weighted by atomic mass is 10.1. The zero-order valence-electron chi connectivity index (χ0n) is 21.1. The predicted octanol–water partition coefficient (Wildman–Crippen LogP) is 2.66. The van der Waals surface area contributed by atoms with E-state index in [-0.39, 0.29) is 52.1 Å². The number of hydrogen-bond acceptors (Lipinski definition) is 10. The number of hydrogen-bond donors (Lipinski definition) is 3. The van der Waals surface area contributed by atoms with E-state index in [9.17, 15) is 9.90 Å². The molecular formula is C24H21FN8O4. The van der Waals surface area contributed by atoms with E-state index in [0.29, 0.717) is 18.7 Å². The third kappa shape index (κ3) is 4.09. The summed E-state index contributed by atoms with van der Waals surface area (Å²) in [6.45, 7) is -2.01. The molecule has 188 valence electrons. The summed E-state index contributed by atoms with van der Waals surface area (Å²) in [6, 6.07) is 10.1. The molecule has 0 unspecified atom stereocenters. The van der Waals surface area contributed by atoms with Gasteiger partial charge in [0.05, 0.1) is 45.1 Å². The summed E-state index contributed by atoms with van der Waals surface area (Å²) in [5.74, 6) is -0.630. The van der Waals surface area contributed by atoms with Crippen molar-refractivity contribution in [3.8, 4) is 11.5 Å². The normalized spacial score (nSPS) is 15.1. The fourth-order valence-corrected chi connectivity index (χ4v) is 4.21. The van der Waals surface area contributed by atoms with Crippen LogP contribution in [-0.2, 0) is 18.0 Å². The van der Waals surface area contributed by atoms with Gasteiger partial charge in [0.2, 0.25) is 12.3 Å². The van der Waals surface area contributed by atoms with E-state index < -0.39 is 18.4 Å². The fourth-order valence-electron chi connectivity index (χ4n) is 4.21. The number of nitrogens with zero attached hydrogens (tertiary/aromatic N) is 6. The molecule has 0 amide bonds. The Labute approximate surface area is 211 Å². The van der Waals surface area contributed by atoms with Gasteiger partial charge in [-0.3, -0.25) is 9.48 Å². The first-order chi connectivity index (χ1) is 18.8. The summed E-state index contributed by atoms with van der Waals surface area (Å²) in [6.07, 6.45) is 2.46. The molecule has 3 N–H and O–H groups in total. The van der Waals surface area contributed by atoms with E-state index in [1.807, 2.05) is 0 Å². The molecular weight excluding hydrogens is 483 g/mol. The number of benzene rings is 2. The Kier molecular flexibility index (Phi) is 5.25. The van der Waals surface area contributed by atoms with Crippen LogP contribution in [0.5, 0.6) is 0 Å². The van der Waals surface area contributed by atoms with E-state index in [1.54, 1.807) is 35.0 Å². The van der Waals surface area contributed by atoms with Gasteiger partial charge in [-0.05, 0) is 17.7 Å². The number of rotatable bonds is 7. The molecule has 3 aromatic heterocycles. The van der Waals surface area contributed by atoms with E-state index >= 15 is 4.39 Å². The summed E-state index contributed by atoms with van der Waals surface area (Å²) in [4.78, 5) is 21.3. The maximum atomic E-state index is 15.7. The number of aliphatic hydroxyl groups is 1. The van der Waals surface area contributed by atoms with E-state index in [2.05, 4.69) is 30.8 Å². The average Bonchev–Trinajstić information content (AvgIpc) is 3.56. The van der Waals surface area contributed by atoms with Gasteiger partial charge in [0.25, 0.3) is 11.4 Å². The minimum absolute atomic E-state index is 0.0171. The van der Waals surface area contributed by atoms with Gasteiger partial charge in [0.1, 0.15) is 18.1 Å². The number of anilines is 3. The second kappa shape index (κ2) is 9.44. The van der Waals surface area contributed by atoms with Crippen molar-refractivity contribution in [1.29, 1.82) is 0 Å². The molecule has 12 nitrogen and oxygen atoms in total. The van der Waals surface area contributed by atoms with Crippen molar-refractivity contribution < 1.29 is 21.4 Å². The Morgan fingerprint density at radius 3 is 2.86 bits per heavy atom. The minimum atomic E-state index is -2.70. The van der Waals surface area contributed by atoms with Crippen molar-refractivity contribution in [3.63, 3.8) is 0 Å². The Balaban J connectivity index is 1.41. The molecule has 13 heteroatoms. The molecule has 6 rings (SSSR count). The van der Waals surface area contributed by atoms with Crippen LogP contribution >= 0.6 is 0 Å². The zero-order valence-corrected chi connectivity index (χ0v) is 19.1. The second-order valence-corrected chi connectivity index (χ2v) is 8.13. The smallest absolute Gasteiger partial charge is 0.276 e. The van der Waals surface area contributed by atoms with Crippen LogP contribution in [0.15, 0.2) is 64.3 Å². The van der Waals surface area contributed by atoms with Crippen molar-refractivity contribution in [2.45, 2.75) is 19.3 Å².